The average Bonchev–Trinajstić information content (AvgIpc) is 2.62. The van der Waals surface area contributed by atoms with Crippen LogP contribution in [0.15, 0.2) is 60.7 Å². The Morgan fingerprint density at radius 1 is 0.840 bits per heavy atom. The van der Waals surface area contributed by atoms with Gasteiger partial charge in [-0.1, -0.05) is 67.6 Å². The molecule has 5 heteroatoms. The number of hydrogen-bond acceptors (Lipinski definition) is 3. The van der Waals surface area contributed by atoms with E-state index in [1.807, 2.05) is 67.6 Å². The van der Waals surface area contributed by atoms with Gasteiger partial charge in [0.15, 0.2) is 0 Å². The molecule has 1 heterocycles. The van der Waals surface area contributed by atoms with Gasteiger partial charge in [-0.25, -0.2) is 4.79 Å². The lowest BCUT2D eigenvalue weighted by Gasteiger charge is -2.39. The number of barbiturate groups is 1. The van der Waals surface area contributed by atoms with Crippen LogP contribution in [-0.2, 0) is 16.0 Å². The topological polar surface area (TPSA) is 75.3 Å². The summed E-state index contributed by atoms with van der Waals surface area (Å²) in [5, 5.41) is 4.56. The van der Waals surface area contributed by atoms with Crippen molar-refractivity contribution >= 4 is 17.8 Å². The molecule has 3 rings (SSSR count). The van der Waals surface area contributed by atoms with Crippen molar-refractivity contribution in [3.8, 4) is 0 Å². The van der Waals surface area contributed by atoms with E-state index in [0.717, 1.165) is 11.1 Å². The van der Waals surface area contributed by atoms with Crippen molar-refractivity contribution in [3.05, 3.63) is 71.8 Å². The summed E-state index contributed by atoms with van der Waals surface area (Å²) < 4.78 is 0. The summed E-state index contributed by atoms with van der Waals surface area (Å²) in [6.45, 7) is 1.86. The maximum Gasteiger partial charge on any atom is 0.328 e. The summed E-state index contributed by atoms with van der Waals surface area (Å²) >= 11 is 0. The number of urea groups is 1. The molecule has 0 radical (unpaired) electrons. The SMILES string of the molecule is CC(c1ccccc1)C1(CCc2ccccc2)C(=O)NC(=O)NC1=O. The molecule has 25 heavy (non-hydrogen) atoms. The summed E-state index contributed by atoms with van der Waals surface area (Å²) in [6, 6.07) is 18.4. The summed E-state index contributed by atoms with van der Waals surface area (Å²) in [5.74, 6) is -1.44. The van der Waals surface area contributed by atoms with Crippen LogP contribution in [0.2, 0.25) is 0 Å². The molecular formula is C20H20N2O3. The van der Waals surface area contributed by atoms with Crippen LogP contribution >= 0.6 is 0 Å². The number of imide groups is 2. The number of carbonyl (C=O) groups is 3. The summed E-state index contributed by atoms with van der Waals surface area (Å²) in [7, 11) is 0. The van der Waals surface area contributed by atoms with E-state index < -0.39 is 23.3 Å². The lowest BCUT2D eigenvalue weighted by atomic mass is 9.67. The van der Waals surface area contributed by atoms with E-state index >= 15 is 0 Å². The Kier molecular flexibility index (Phi) is 4.65. The van der Waals surface area contributed by atoms with Gasteiger partial charge in [0, 0.05) is 5.92 Å². The zero-order chi connectivity index (χ0) is 17.9. The van der Waals surface area contributed by atoms with E-state index in [1.54, 1.807) is 0 Å². The van der Waals surface area contributed by atoms with Crippen LogP contribution in [0.3, 0.4) is 0 Å². The fraction of sp³-hybridized carbons (Fsp3) is 0.250. The van der Waals surface area contributed by atoms with Crippen molar-refractivity contribution in [1.29, 1.82) is 0 Å². The molecule has 0 bridgehead atoms. The Bertz CT molecular complexity index is 767. The first-order valence-electron chi connectivity index (χ1n) is 8.30. The molecule has 1 saturated heterocycles. The Balaban J connectivity index is 1.97. The lowest BCUT2D eigenvalue weighted by Crippen LogP contribution is -2.64. The summed E-state index contributed by atoms with van der Waals surface area (Å²) in [6.07, 6.45) is 0.880. The van der Waals surface area contributed by atoms with Gasteiger partial charge in [0.1, 0.15) is 5.41 Å². The quantitative estimate of drug-likeness (QED) is 0.825. The molecule has 0 aliphatic carbocycles. The van der Waals surface area contributed by atoms with Gasteiger partial charge in [-0.3, -0.25) is 20.2 Å². The minimum Gasteiger partial charge on any atom is -0.277 e. The first-order valence-corrected chi connectivity index (χ1v) is 8.30. The van der Waals surface area contributed by atoms with Crippen molar-refractivity contribution in [2.45, 2.75) is 25.7 Å². The zero-order valence-corrected chi connectivity index (χ0v) is 14.0. The third-order valence-electron chi connectivity index (χ3n) is 4.95. The second kappa shape index (κ2) is 6.89. The molecule has 2 aromatic rings. The second-order valence-electron chi connectivity index (χ2n) is 6.33. The highest BCUT2D eigenvalue weighted by molar-refractivity contribution is 6.19. The molecule has 1 atom stereocenters. The Morgan fingerprint density at radius 3 is 1.92 bits per heavy atom. The van der Waals surface area contributed by atoms with Gasteiger partial charge < -0.3 is 0 Å². The van der Waals surface area contributed by atoms with Crippen LogP contribution in [0, 0.1) is 5.41 Å². The number of amides is 4. The van der Waals surface area contributed by atoms with E-state index in [1.165, 1.54) is 0 Å². The fourth-order valence-corrected chi connectivity index (χ4v) is 3.41. The molecule has 128 valence electrons. The van der Waals surface area contributed by atoms with Crippen LogP contribution in [-0.4, -0.2) is 17.8 Å². The Morgan fingerprint density at radius 2 is 1.36 bits per heavy atom. The van der Waals surface area contributed by atoms with Crippen LogP contribution in [0.5, 0.6) is 0 Å². The van der Waals surface area contributed by atoms with Crippen molar-refractivity contribution in [3.63, 3.8) is 0 Å². The van der Waals surface area contributed by atoms with Gasteiger partial charge in [0.2, 0.25) is 11.8 Å². The van der Waals surface area contributed by atoms with E-state index in [2.05, 4.69) is 10.6 Å². The highest BCUT2D eigenvalue weighted by Gasteiger charge is 2.53. The predicted molar refractivity (Wildman–Crippen MR) is 93.7 cm³/mol. The summed E-state index contributed by atoms with van der Waals surface area (Å²) in [5.41, 5.74) is 0.598. The maximum absolute atomic E-state index is 12.8. The van der Waals surface area contributed by atoms with Crippen LogP contribution < -0.4 is 10.6 Å². The number of benzene rings is 2. The Hall–Kier alpha value is -2.95. The summed E-state index contributed by atoms with van der Waals surface area (Å²) in [4.78, 5) is 37.1. The van der Waals surface area contributed by atoms with Gasteiger partial charge in [-0.2, -0.15) is 0 Å². The highest BCUT2D eigenvalue weighted by atomic mass is 16.2. The first kappa shape index (κ1) is 16.9. The normalized spacial score (nSPS) is 17.6. The van der Waals surface area contributed by atoms with E-state index in [4.69, 9.17) is 0 Å². The molecule has 1 aliphatic heterocycles. The molecule has 1 unspecified atom stereocenters. The molecule has 5 nitrogen and oxygen atoms in total. The van der Waals surface area contributed by atoms with Gasteiger partial charge in [-0.05, 0) is 24.0 Å². The largest absolute Gasteiger partial charge is 0.328 e. The van der Waals surface area contributed by atoms with E-state index in [0.29, 0.717) is 12.8 Å². The minimum absolute atomic E-state index is 0.317. The number of hydrogen-bond donors (Lipinski definition) is 2. The minimum atomic E-state index is -1.33. The molecule has 1 fully saturated rings. The number of aryl methyl sites for hydroxylation is 1. The first-order chi connectivity index (χ1) is 12.0. The van der Waals surface area contributed by atoms with Crippen molar-refractivity contribution < 1.29 is 14.4 Å². The molecular weight excluding hydrogens is 316 g/mol. The number of carbonyl (C=O) groups excluding carboxylic acids is 3. The lowest BCUT2D eigenvalue weighted by molar-refractivity contribution is -0.146. The molecule has 0 aromatic heterocycles. The van der Waals surface area contributed by atoms with E-state index in [9.17, 15) is 14.4 Å². The van der Waals surface area contributed by atoms with Crippen molar-refractivity contribution in [2.75, 3.05) is 0 Å². The van der Waals surface area contributed by atoms with Crippen molar-refractivity contribution in [2.24, 2.45) is 5.41 Å². The highest BCUT2D eigenvalue weighted by Crippen LogP contribution is 2.41. The molecule has 2 aromatic carbocycles. The van der Waals surface area contributed by atoms with Gasteiger partial charge in [0.05, 0.1) is 0 Å². The van der Waals surface area contributed by atoms with Gasteiger partial charge in [0.25, 0.3) is 0 Å². The number of nitrogens with one attached hydrogen (secondary N) is 2. The number of rotatable bonds is 5. The predicted octanol–water partition coefficient (Wildman–Crippen LogP) is 2.78. The Labute approximate surface area is 146 Å². The molecule has 2 N–H and O–H groups in total. The maximum atomic E-state index is 12.8. The van der Waals surface area contributed by atoms with Crippen LogP contribution in [0.1, 0.15) is 30.4 Å². The fourth-order valence-electron chi connectivity index (χ4n) is 3.41. The third-order valence-corrected chi connectivity index (χ3v) is 4.95. The second-order valence-corrected chi connectivity index (χ2v) is 6.33. The van der Waals surface area contributed by atoms with E-state index in [-0.39, 0.29) is 5.92 Å². The van der Waals surface area contributed by atoms with Gasteiger partial charge in [-0.15, -0.1) is 0 Å². The standard InChI is InChI=1S/C20H20N2O3/c1-14(16-10-6-3-7-11-16)20(13-12-15-8-4-2-5-9-15)17(23)21-19(25)22-18(20)24/h2-11,14H,12-13H2,1H3,(H2,21,22,23,24,25). The zero-order valence-electron chi connectivity index (χ0n) is 14.0. The third kappa shape index (κ3) is 3.18. The van der Waals surface area contributed by atoms with Crippen molar-refractivity contribution in [1.82, 2.24) is 10.6 Å². The molecule has 0 spiro atoms. The monoisotopic (exact) mass is 336 g/mol. The molecule has 1 aliphatic rings. The van der Waals surface area contributed by atoms with Gasteiger partial charge >= 0.3 is 6.03 Å². The van der Waals surface area contributed by atoms with Crippen LogP contribution in [0.4, 0.5) is 4.79 Å². The van der Waals surface area contributed by atoms with Crippen LogP contribution in [0.25, 0.3) is 0 Å². The molecule has 0 saturated carbocycles. The average molecular weight is 336 g/mol. The smallest absolute Gasteiger partial charge is 0.277 e. The molecule has 4 amide bonds.